The summed E-state index contributed by atoms with van der Waals surface area (Å²) < 4.78 is 7.79. The smallest absolute Gasteiger partial charge is 0.208 e. The van der Waals surface area contributed by atoms with E-state index in [0.29, 0.717) is 0 Å². The van der Waals surface area contributed by atoms with Gasteiger partial charge in [0.15, 0.2) is 5.65 Å². The van der Waals surface area contributed by atoms with Crippen LogP contribution in [0.15, 0.2) is 42.6 Å². The maximum absolute atomic E-state index is 5.50. The maximum Gasteiger partial charge on any atom is 0.208 e. The average molecular weight is 322 g/mol. The van der Waals surface area contributed by atoms with Gasteiger partial charge in [-0.1, -0.05) is 37.3 Å². The molecule has 1 saturated heterocycles. The minimum atomic E-state index is 0.752. The van der Waals surface area contributed by atoms with Crippen LogP contribution in [0.1, 0.15) is 18.1 Å². The molecule has 0 amide bonds. The van der Waals surface area contributed by atoms with E-state index < -0.39 is 0 Å². The third-order valence-electron chi connectivity index (χ3n) is 4.53. The van der Waals surface area contributed by atoms with E-state index in [-0.39, 0.29) is 0 Å². The molecule has 0 saturated carbocycles. The Kier molecular flexibility index (Phi) is 4.17. The molecule has 0 atom stereocenters. The Morgan fingerprint density at radius 2 is 1.88 bits per heavy atom. The summed E-state index contributed by atoms with van der Waals surface area (Å²) in [6.45, 7) is 6.21. The van der Waals surface area contributed by atoms with Crippen LogP contribution < -0.4 is 4.90 Å². The van der Waals surface area contributed by atoms with Crippen LogP contribution in [-0.4, -0.2) is 40.8 Å². The topological polar surface area (TPSA) is 43.2 Å². The number of fused-ring (bicyclic) bond motifs is 1. The van der Waals surface area contributed by atoms with E-state index in [4.69, 9.17) is 9.72 Å². The first-order valence-corrected chi connectivity index (χ1v) is 8.57. The zero-order chi connectivity index (χ0) is 16.4. The van der Waals surface area contributed by atoms with Gasteiger partial charge in [0.25, 0.3) is 0 Å². The Bertz CT molecular complexity index is 822. The molecule has 1 aliphatic rings. The van der Waals surface area contributed by atoms with Crippen molar-refractivity contribution in [3.63, 3.8) is 0 Å². The van der Waals surface area contributed by atoms with Crippen LogP contribution in [0.4, 0.5) is 5.95 Å². The lowest BCUT2D eigenvalue weighted by Gasteiger charge is -2.28. The Balaban J connectivity index is 1.82. The molecule has 5 nitrogen and oxygen atoms in total. The van der Waals surface area contributed by atoms with Gasteiger partial charge in [0.2, 0.25) is 5.95 Å². The number of benzene rings is 1. The van der Waals surface area contributed by atoms with E-state index in [1.165, 1.54) is 11.1 Å². The number of anilines is 1. The minimum Gasteiger partial charge on any atom is -0.378 e. The molecular formula is C19H22N4O. The predicted molar refractivity (Wildman–Crippen MR) is 95.5 cm³/mol. The first-order chi connectivity index (χ1) is 11.8. The van der Waals surface area contributed by atoms with Crippen molar-refractivity contribution >= 4 is 17.1 Å². The molecule has 0 spiro atoms. The van der Waals surface area contributed by atoms with Crippen LogP contribution in [0.25, 0.3) is 11.2 Å². The average Bonchev–Trinajstić information content (AvgIpc) is 3.01. The number of rotatable bonds is 4. The fourth-order valence-electron chi connectivity index (χ4n) is 3.16. The summed E-state index contributed by atoms with van der Waals surface area (Å²) in [6.07, 6.45) is 2.91. The highest BCUT2D eigenvalue weighted by Gasteiger charge is 2.20. The second-order valence-electron chi connectivity index (χ2n) is 6.12. The Morgan fingerprint density at radius 1 is 1.08 bits per heavy atom. The third kappa shape index (κ3) is 2.87. The maximum atomic E-state index is 5.50. The predicted octanol–water partition coefficient (Wildman–Crippen LogP) is 2.88. The zero-order valence-corrected chi connectivity index (χ0v) is 14.0. The summed E-state index contributed by atoms with van der Waals surface area (Å²) in [4.78, 5) is 11.7. The van der Waals surface area contributed by atoms with Crippen LogP contribution >= 0.6 is 0 Å². The number of hydrogen-bond donors (Lipinski definition) is 0. The molecule has 0 aliphatic carbocycles. The third-order valence-corrected chi connectivity index (χ3v) is 4.53. The first-order valence-electron chi connectivity index (χ1n) is 8.57. The number of hydrogen-bond acceptors (Lipinski definition) is 4. The van der Waals surface area contributed by atoms with E-state index in [0.717, 1.165) is 56.4 Å². The van der Waals surface area contributed by atoms with Gasteiger partial charge >= 0.3 is 0 Å². The lowest BCUT2D eigenvalue weighted by atomic mass is 10.2. The van der Waals surface area contributed by atoms with E-state index in [1.54, 1.807) is 0 Å². The van der Waals surface area contributed by atoms with Crippen molar-refractivity contribution in [1.82, 2.24) is 14.5 Å². The van der Waals surface area contributed by atoms with Gasteiger partial charge < -0.3 is 14.2 Å². The monoisotopic (exact) mass is 322 g/mol. The van der Waals surface area contributed by atoms with Crippen LogP contribution in [-0.2, 0) is 17.7 Å². The normalized spacial score (nSPS) is 15.1. The second kappa shape index (κ2) is 6.61. The lowest BCUT2D eigenvalue weighted by molar-refractivity contribution is 0.121. The van der Waals surface area contributed by atoms with E-state index in [2.05, 4.69) is 57.8 Å². The molecular weight excluding hydrogens is 300 g/mol. The molecule has 24 heavy (non-hydrogen) atoms. The van der Waals surface area contributed by atoms with Crippen molar-refractivity contribution < 1.29 is 4.74 Å². The molecule has 2 aromatic heterocycles. The molecule has 3 heterocycles. The largest absolute Gasteiger partial charge is 0.378 e. The molecule has 1 fully saturated rings. The quantitative estimate of drug-likeness (QED) is 0.741. The number of imidazole rings is 1. The molecule has 1 aliphatic heterocycles. The molecule has 5 heteroatoms. The summed E-state index contributed by atoms with van der Waals surface area (Å²) in [6, 6.07) is 12.8. The van der Waals surface area contributed by atoms with Gasteiger partial charge in [-0.3, -0.25) is 0 Å². The SMILES string of the molecule is CCc1cnc2nc(N3CCOCC3)n(Cc3ccccc3)c2c1. The molecule has 3 aromatic rings. The molecule has 0 radical (unpaired) electrons. The Hall–Kier alpha value is -2.40. The second-order valence-corrected chi connectivity index (χ2v) is 6.12. The van der Waals surface area contributed by atoms with Crippen LogP contribution in [0, 0.1) is 0 Å². The molecule has 124 valence electrons. The van der Waals surface area contributed by atoms with Crippen molar-refractivity contribution in [3.8, 4) is 0 Å². The Morgan fingerprint density at radius 3 is 2.62 bits per heavy atom. The number of aryl methyl sites for hydroxylation is 1. The van der Waals surface area contributed by atoms with E-state index >= 15 is 0 Å². The highest BCUT2D eigenvalue weighted by atomic mass is 16.5. The van der Waals surface area contributed by atoms with Crippen molar-refractivity contribution in [1.29, 1.82) is 0 Å². The first kappa shape index (κ1) is 15.1. The molecule has 4 rings (SSSR count). The van der Waals surface area contributed by atoms with Crippen molar-refractivity contribution in [2.45, 2.75) is 19.9 Å². The van der Waals surface area contributed by atoms with Crippen molar-refractivity contribution in [2.24, 2.45) is 0 Å². The Labute approximate surface area is 141 Å². The number of pyridine rings is 1. The summed E-state index contributed by atoms with van der Waals surface area (Å²) in [5.74, 6) is 0.998. The van der Waals surface area contributed by atoms with Gasteiger partial charge in [-0.25, -0.2) is 4.98 Å². The van der Waals surface area contributed by atoms with E-state index in [1.807, 2.05) is 6.20 Å². The molecule has 0 N–H and O–H groups in total. The highest BCUT2D eigenvalue weighted by molar-refractivity contribution is 5.76. The lowest BCUT2D eigenvalue weighted by Crippen LogP contribution is -2.38. The van der Waals surface area contributed by atoms with E-state index in [9.17, 15) is 0 Å². The summed E-state index contributed by atoms with van der Waals surface area (Å²) in [7, 11) is 0. The summed E-state index contributed by atoms with van der Waals surface area (Å²) in [5.41, 5.74) is 4.45. The molecule has 0 unspecified atom stereocenters. The highest BCUT2D eigenvalue weighted by Crippen LogP contribution is 2.24. The van der Waals surface area contributed by atoms with Crippen LogP contribution in [0.3, 0.4) is 0 Å². The van der Waals surface area contributed by atoms with Gasteiger partial charge in [0, 0.05) is 19.3 Å². The van der Waals surface area contributed by atoms with Gasteiger partial charge in [-0.05, 0) is 23.6 Å². The summed E-state index contributed by atoms with van der Waals surface area (Å²) >= 11 is 0. The number of morpholine rings is 1. The standard InChI is InChI=1S/C19H22N4O/c1-2-15-12-17-18(20-13-15)21-19(22-8-10-24-11-9-22)23(17)14-16-6-4-3-5-7-16/h3-7,12-13H,2,8-11,14H2,1H3. The van der Waals surface area contributed by atoms with Gasteiger partial charge in [-0.2, -0.15) is 4.98 Å². The van der Waals surface area contributed by atoms with Crippen LogP contribution in [0.5, 0.6) is 0 Å². The fourth-order valence-corrected chi connectivity index (χ4v) is 3.16. The molecule has 0 bridgehead atoms. The van der Waals surface area contributed by atoms with Crippen LogP contribution in [0.2, 0.25) is 0 Å². The van der Waals surface area contributed by atoms with Gasteiger partial charge in [-0.15, -0.1) is 0 Å². The summed E-state index contributed by atoms with van der Waals surface area (Å²) in [5, 5.41) is 0. The van der Waals surface area contributed by atoms with Crippen molar-refractivity contribution in [2.75, 3.05) is 31.2 Å². The van der Waals surface area contributed by atoms with Gasteiger partial charge in [0.1, 0.15) is 0 Å². The number of aromatic nitrogens is 3. The zero-order valence-electron chi connectivity index (χ0n) is 14.0. The molecule has 1 aromatic carbocycles. The number of ether oxygens (including phenoxy) is 1. The van der Waals surface area contributed by atoms with Gasteiger partial charge in [0.05, 0.1) is 25.3 Å². The minimum absolute atomic E-state index is 0.752. The van der Waals surface area contributed by atoms with Crippen molar-refractivity contribution in [3.05, 3.63) is 53.7 Å². The fraction of sp³-hybridized carbons (Fsp3) is 0.368. The number of nitrogens with zero attached hydrogens (tertiary/aromatic N) is 4.